The van der Waals surface area contributed by atoms with E-state index >= 15 is 0 Å². The molecule has 5 heteroatoms. The molecule has 1 fully saturated rings. The van der Waals surface area contributed by atoms with Gasteiger partial charge in [-0.2, -0.15) is 0 Å². The van der Waals surface area contributed by atoms with Crippen molar-refractivity contribution in [3.05, 3.63) is 47.4 Å². The highest BCUT2D eigenvalue weighted by Crippen LogP contribution is 2.50. The number of hydrogen-bond acceptors (Lipinski definition) is 3. The van der Waals surface area contributed by atoms with E-state index in [1.165, 1.54) is 25.0 Å². The van der Waals surface area contributed by atoms with E-state index < -0.39 is 13.7 Å². The molecule has 3 rings (SSSR count). The molecule has 30 heavy (non-hydrogen) atoms. The summed E-state index contributed by atoms with van der Waals surface area (Å²) < 4.78 is 20.4. The Morgan fingerprint density at radius 2 is 1.80 bits per heavy atom. The molecule has 0 radical (unpaired) electrons. The molecule has 1 saturated carbocycles. The van der Waals surface area contributed by atoms with Gasteiger partial charge in [0.1, 0.15) is 5.82 Å². The van der Waals surface area contributed by atoms with Gasteiger partial charge in [-0.3, -0.25) is 4.99 Å². The highest BCUT2D eigenvalue weighted by atomic mass is 28.4. The topological polar surface area (TPSA) is 41.8 Å². The number of benzene rings is 1. The predicted octanol–water partition coefficient (Wildman–Crippen LogP) is 6.31. The molecular formula is C25H38FNO2Si. The fraction of sp³-hybridized carbons (Fsp3) is 0.640. The van der Waals surface area contributed by atoms with Gasteiger partial charge in [0.25, 0.3) is 0 Å². The van der Waals surface area contributed by atoms with Crippen LogP contribution in [0.3, 0.4) is 0 Å². The Balaban J connectivity index is 2.08. The van der Waals surface area contributed by atoms with Crippen LogP contribution in [0.25, 0.3) is 0 Å². The molecular weight excluding hydrogens is 393 g/mol. The molecule has 2 aliphatic rings. The first-order valence-corrected chi connectivity index (χ1v) is 14.1. The Morgan fingerprint density at radius 1 is 1.20 bits per heavy atom. The minimum Gasteiger partial charge on any atom is -0.416 e. The predicted molar refractivity (Wildman–Crippen MR) is 125 cm³/mol. The van der Waals surface area contributed by atoms with Crippen LogP contribution in [0.1, 0.15) is 58.9 Å². The second kappa shape index (κ2) is 8.32. The summed E-state index contributed by atoms with van der Waals surface area (Å²) in [6.07, 6.45) is 4.56. The second-order valence-corrected chi connectivity index (χ2v) is 15.7. The van der Waals surface area contributed by atoms with E-state index in [1.54, 1.807) is 0 Å². The van der Waals surface area contributed by atoms with Crippen LogP contribution in [0.5, 0.6) is 0 Å². The minimum absolute atomic E-state index is 0.0465. The average Bonchev–Trinajstić information content (AvgIpc) is 3.50. The number of nitrogens with zero attached hydrogens (tertiary/aromatic N) is 1. The number of aliphatic imine (C=N–C) groups is 1. The zero-order valence-electron chi connectivity index (χ0n) is 19.6. The van der Waals surface area contributed by atoms with E-state index in [0.29, 0.717) is 12.5 Å². The van der Waals surface area contributed by atoms with Gasteiger partial charge in [0, 0.05) is 29.9 Å². The number of rotatable bonds is 7. The lowest BCUT2D eigenvalue weighted by atomic mass is 9.65. The third kappa shape index (κ3) is 4.48. The van der Waals surface area contributed by atoms with Crippen molar-refractivity contribution in [2.24, 2.45) is 22.2 Å². The molecule has 0 aromatic heterocycles. The third-order valence-electron chi connectivity index (χ3n) is 7.24. The van der Waals surface area contributed by atoms with Gasteiger partial charge in [-0.05, 0) is 54.6 Å². The lowest BCUT2D eigenvalue weighted by Crippen LogP contribution is -2.52. The van der Waals surface area contributed by atoms with Crippen molar-refractivity contribution in [1.82, 2.24) is 0 Å². The Labute approximate surface area is 182 Å². The molecule has 1 aliphatic heterocycles. The van der Waals surface area contributed by atoms with Crippen molar-refractivity contribution < 1.29 is 13.9 Å². The van der Waals surface area contributed by atoms with Gasteiger partial charge in [0.2, 0.25) is 0 Å². The minimum atomic E-state index is -2.03. The average molecular weight is 432 g/mol. The summed E-state index contributed by atoms with van der Waals surface area (Å²) in [5.74, 6) is 0.370. The van der Waals surface area contributed by atoms with Crippen LogP contribution in [0.4, 0.5) is 4.39 Å². The van der Waals surface area contributed by atoms with Crippen molar-refractivity contribution >= 4 is 14.0 Å². The SMILES string of the molecule is CC(C)C1=NC(C2CC2)=CC(c2ccc(F)cc2)C1(CO)CO[Si](C)(C)C(C)(C)C. The highest BCUT2D eigenvalue weighted by Gasteiger charge is 2.49. The van der Waals surface area contributed by atoms with Crippen molar-refractivity contribution in [2.75, 3.05) is 13.2 Å². The van der Waals surface area contributed by atoms with Gasteiger partial charge >= 0.3 is 0 Å². The maximum Gasteiger partial charge on any atom is 0.192 e. The summed E-state index contributed by atoms with van der Waals surface area (Å²) >= 11 is 0. The number of allylic oxidation sites excluding steroid dienone is 2. The van der Waals surface area contributed by atoms with E-state index in [-0.39, 0.29) is 29.3 Å². The number of hydrogen-bond donors (Lipinski definition) is 1. The van der Waals surface area contributed by atoms with Gasteiger partial charge < -0.3 is 9.53 Å². The molecule has 2 atom stereocenters. The van der Waals surface area contributed by atoms with Gasteiger partial charge in [-0.15, -0.1) is 0 Å². The molecule has 166 valence electrons. The van der Waals surface area contributed by atoms with Gasteiger partial charge in [0.05, 0.1) is 12.0 Å². The summed E-state index contributed by atoms with van der Waals surface area (Å²) in [6.45, 7) is 15.8. The largest absolute Gasteiger partial charge is 0.416 e. The van der Waals surface area contributed by atoms with Gasteiger partial charge in [-0.1, -0.05) is 52.8 Å². The molecule has 0 spiro atoms. The summed E-state index contributed by atoms with van der Waals surface area (Å²) in [7, 11) is -2.03. The monoisotopic (exact) mass is 431 g/mol. The van der Waals surface area contributed by atoms with E-state index in [9.17, 15) is 9.50 Å². The van der Waals surface area contributed by atoms with E-state index in [4.69, 9.17) is 9.42 Å². The molecule has 0 saturated heterocycles. The molecule has 1 aromatic carbocycles. The van der Waals surface area contributed by atoms with Gasteiger partial charge in [0.15, 0.2) is 8.32 Å². The van der Waals surface area contributed by atoms with Crippen LogP contribution in [-0.4, -0.2) is 32.3 Å². The second-order valence-electron chi connectivity index (χ2n) is 10.9. The lowest BCUT2D eigenvalue weighted by molar-refractivity contribution is 0.0966. The Kier molecular flexibility index (Phi) is 6.48. The van der Waals surface area contributed by atoms with E-state index in [1.807, 2.05) is 12.1 Å². The quantitative estimate of drug-likeness (QED) is 0.514. The number of aliphatic hydroxyl groups is 1. The van der Waals surface area contributed by atoms with E-state index in [0.717, 1.165) is 17.0 Å². The van der Waals surface area contributed by atoms with Crippen LogP contribution in [0, 0.1) is 23.1 Å². The number of aliphatic hydroxyl groups excluding tert-OH is 1. The van der Waals surface area contributed by atoms with Crippen molar-refractivity contribution in [3.63, 3.8) is 0 Å². The standard InChI is InChI=1S/C25H38FNO2Si/c1-17(2)23-25(15-28,16-29-30(6,7)24(3,4)5)21(14-22(27-23)19-8-9-19)18-10-12-20(26)13-11-18/h10-14,17,19,21,28H,8-9,15-16H2,1-7H3. The van der Waals surface area contributed by atoms with Crippen LogP contribution in [0.2, 0.25) is 18.1 Å². The Hall–Kier alpha value is -1.30. The molecule has 1 heterocycles. The molecule has 1 N–H and O–H groups in total. The lowest BCUT2D eigenvalue weighted by Gasteiger charge is -2.46. The van der Waals surface area contributed by atoms with Crippen molar-refractivity contribution in [2.45, 2.75) is 71.5 Å². The van der Waals surface area contributed by atoms with Crippen LogP contribution in [-0.2, 0) is 4.43 Å². The molecule has 2 unspecified atom stereocenters. The number of halogens is 1. The van der Waals surface area contributed by atoms with Crippen LogP contribution < -0.4 is 0 Å². The maximum absolute atomic E-state index is 13.7. The summed E-state index contributed by atoms with van der Waals surface area (Å²) in [4.78, 5) is 5.10. The molecule has 1 aromatic rings. The smallest absolute Gasteiger partial charge is 0.192 e. The maximum atomic E-state index is 13.7. The third-order valence-corrected chi connectivity index (χ3v) is 11.7. The molecule has 1 aliphatic carbocycles. The van der Waals surface area contributed by atoms with Crippen molar-refractivity contribution in [3.8, 4) is 0 Å². The fourth-order valence-electron chi connectivity index (χ4n) is 4.09. The highest BCUT2D eigenvalue weighted by molar-refractivity contribution is 6.74. The zero-order chi connectivity index (χ0) is 22.3. The zero-order valence-corrected chi connectivity index (χ0v) is 20.6. The first kappa shape index (κ1) is 23.4. The van der Waals surface area contributed by atoms with Crippen molar-refractivity contribution in [1.29, 1.82) is 0 Å². The van der Waals surface area contributed by atoms with Crippen LogP contribution >= 0.6 is 0 Å². The first-order chi connectivity index (χ1) is 13.9. The van der Waals surface area contributed by atoms with E-state index in [2.05, 4.69) is 53.8 Å². The normalized spacial score (nSPS) is 25.3. The first-order valence-electron chi connectivity index (χ1n) is 11.2. The Bertz CT molecular complexity index is 819. The molecule has 0 amide bonds. The summed E-state index contributed by atoms with van der Waals surface area (Å²) in [5, 5.41) is 10.9. The Morgan fingerprint density at radius 3 is 2.27 bits per heavy atom. The van der Waals surface area contributed by atoms with Gasteiger partial charge in [-0.25, -0.2) is 4.39 Å². The fourth-order valence-corrected chi connectivity index (χ4v) is 5.14. The summed E-state index contributed by atoms with van der Waals surface area (Å²) in [6, 6.07) is 6.72. The van der Waals surface area contributed by atoms with Crippen LogP contribution in [0.15, 0.2) is 41.0 Å². The molecule has 0 bridgehead atoms. The summed E-state index contributed by atoms with van der Waals surface area (Å²) in [5.41, 5.74) is 2.52. The molecule has 3 nitrogen and oxygen atoms in total.